The van der Waals surface area contributed by atoms with Crippen molar-refractivity contribution < 1.29 is 5.11 Å². The van der Waals surface area contributed by atoms with Crippen molar-refractivity contribution in [2.75, 3.05) is 0 Å². The van der Waals surface area contributed by atoms with Crippen LogP contribution in [0.2, 0.25) is 0 Å². The van der Waals surface area contributed by atoms with Gasteiger partial charge in [-0.3, -0.25) is 0 Å². The highest BCUT2D eigenvalue weighted by Gasteiger charge is 2.57. The molecule has 1 nitrogen and oxygen atoms in total. The van der Waals surface area contributed by atoms with Crippen LogP contribution in [0.15, 0.2) is 24.3 Å². The third kappa shape index (κ3) is 2.15. The van der Waals surface area contributed by atoms with Gasteiger partial charge < -0.3 is 5.11 Å². The SMILES string of the molecule is C=CC1=C[C@@H](O)[C@@H]2[C@H](CC[C@@H]3C(C)(C)CCC[C@@]23C)[C@@H]1C. The van der Waals surface area contributed by atoms with Crippen LogP contribution in [-0.4, -0.2) is 11.2 Å². The molecule has 0 unspecified atom stereocenters. The molecule has 3 rings (SSSR count). The van der Waals surface area contributed by atoms with E-state index >= 15 is 0 Å². The first-order valence-electron chi connectivity index (χ1n) is 8.83. The fraction of sp³-hybridized carbons (Fsp3) is 0.800. The molecule has 0 saturated heterocycles. The minimum Gasteiger partial charge on any atom is -0.389 e. The average molecular weight is 288 g/mol. The second-order valence-corrected chi connectivity index (χ2v) is 8.82. The number of fused-ring (bicyclic) bond motifs is 3. The van der Waals surface area contributed by atoms with Gasteiger partial charge in [-0.05, 0) is 65.8 Å². The van der Waals surface area contributed by atoms with Gasteiger partial charge in [-0.2, -0.15) is 0 Å². The van der Waals surface area contributed by atoms with Crippen LogP contribution in [-0.2, 0) is 0 Å². The summed E-state index contributed by atoms with van der Waals surface area (Å²) in [7, 11) is 0. The van der Waals surface area contributed by atoms with E-state index in [0.717, 1.165) is 5.92 Å². The van der Waals surface area contributed by atoms with Crippen molar-refractivity contribution in [2.24, 2.45) is 34.5 Å². The van der Waals surface area contributed by atoms with E-state index in [1.807, 2.05) is 6.08 Å². The van der Waals surface area contributed by atoms with Crippen molar-refractivity contribution >= 4 is 0 Å². The minimum absolute atomic E-state index is 0.277. The molecule has 0 amide bonds. The third-order valence-corrected chi connectivity index (χ3v) is 7.42. The lowest BCUT2D eigenvalue weighted by Gasteiger charge is -2.62. The maximum atomic E-state index is 10.9. The van der Waals surface area contributed by atoms with Crippen LogP contribution in [0.25, 0.3) is 0 Å². The molecule has 0 aromatic rings. The number of hydrogen-bond acceptors (Lipinski definition) is 1. The monoisotopic (exact) mass is 288 g/mol. The molecule has 0 aromatic heterocycles. The Bertz CT molecular complexity index is 460. The topological polar surface area (TPSA) is 20.2 Å². The summed E-state index contributed by atoms with van der Waals surface area (Å²) in [5.74, 6) is 2.39. The largest absolute Gasteiger partial charge is 0.389 e. The lowest BCUT2D eigenvalue weighted by Crippen LogP contribution is -2.57. The summed E-state index contributed by atoms with van der Waals surface area (Å²) in [4.78, 5) is 0. The summed E-state index contributed by atoms with van der Waals surface area (Å²) >= 11 is 0. The average Bonchev–Trinajstić information content (AvgIpc) is 2.40. The maximum absolute atomic E-state index is 10.9. The van der Waals surface area contributed by atoms with Crippen LogP contribution in [0.3, 0.4) is 0 Å². The van der Waals surface area contributed by atoms with Gasteiger partial charge in [-0.25, -0.2) is 0 Å². The van der Waals surface area contributed by atoms with Gasteiger partial charge in [0, 0.05) is 0 Å². The van der Waals surface area contributed by atoms with Crippen LogP contribution in [0, 0.1) is 34.5 Å². The molecular weight excluding hydrogens is 256 g/mol. The molecule has 3 aliphatic rings. The Morgan fingerprint density at radius 2 is 1.95 bits per heavy atom. The number of aliphatic hydroxyl groups excluding tert-OH is 1. The predicted molar refractivity (Wildman–Crippen MR) is 88.9 cm³/mol. The van der Waals surface area contributed by atoms with E-state index < -0.39 is 0 Å². The van der Waals surface area contributed by atoms with Crippen LogP contribution in [0.5, 0.6) is 0 Å². The molecule has 1 heteroatoms. The zero-order chi connectivity index (χ0) is 15.4. The second kappa shape index (κ2) is 4.98. The standard InChI is InChI=1S/C20H32O/c1-6-14-12-16(21)18-15(13(14)2)8-9-17-19(3,4)10-7-11-20(17,18)5/h6,12-13,15-18,21H,1,7-11H2,2-5H3/t13-,15-,16-,17-,18+,20-/m1/s1. The fourth-order valence-electron chi connectivity index (χ4n) is 6.47. The molecule has 6 atom stereocenters. The van der Waals surface area contributed by atoms with Crippen molar-refractivity contribution in [3.05, 3.63) is 24.3 Å². The second-order valence-electron chi connectivity index (χ2n) is 8.82. The Balaban J connectivity index is 2.01. The van der Waals surface area contributed by atoms with E-state index in [-0.39, 0.29) is 6.10 Å². The molecule has 1 N–H and O–H groups in total. The van der Waals surface area contributed by atoms with Gasteiger partial charge in [0.2, 0.25) is 0 Å². The van der Waals surface area contributed by atoms with Crippen molar-refractivity contribution in [1.29, 1.82) is 0 Å². The third-order valence-electron chi connectivity index (χ3n) is 7.42. The van der Waals surface area contributed by atoms with Gasteiger partial charge >= 0.3 is 0 Å². The summed E-state index contributed by atoms with van der Waals surface area (Å²) in [6.45, 7) is 13.7. The van der Waals surface area contributed by atoms with Crippen molar-refractivity contribution in [3.63, 3.8) is 0 Å². The highest BCUT2D eigenvalue weighted by molar-refractivity contribution is 5.27. The van der Waals surface area contributed by atoms with Crippen molar-refractivity contribution in [1.82, 2.24) is 0 Å². The number of aliphatic hydroxyl groups is 1. The Kier molecular flexibility index (Phi) is 3.64. The molecule has 0 aliphatic heterocycles. The molecular formula is C20H32O. The Hall–Kier alpha value is -0.560. The normalized spacial score (nSPS) is 48.8. The summed E-state index contributed by atoms with van der Waals surface area (Å²) in [5.41, 5.74) is 2.01. The smallest absolute Gasteiger partial charge is 0.0763 e. The Morgan fingerprint density at radius 1 is 1.24 bits per heavy atom. The van der Waals surface area contributed by atoms with Crippen LogP contribution >= 0.6 is 0 Å². The summed E-state index contributed by atoms with van der Waals surface area (Å²) < 4.78 is 0. The zero-order valence-electron chi connectivity index (χ0n) is 14.2. The van der Waals surface area contributed by atoms with Gasteiger partial charge in [0.1, 0.15) is 0 Å². The molecule has 3 aliphatic carbocycles. The van der Waals surface area contributed by atoms with Gasteiger partial charge in [-0.1, -0.05) is 52.8 Å². The maximum Gasteiger partial charge on any atom is 0.0763 e. The molecule has 2 fully saturated rings. The van der Waals surface area contributed by atoms with Crippen molar-refractivity contribution in [3.8, 4) is 0 Å². The van der Waals surface area contributed by atoms with Crippen LogP contribution in [0.4, 0.5) is 0 Å². The van der Waals surface area contributed by atoms with E-state index in [0.29, 0.717) is 28.6 Å². The molecule has 21 heavy (non-hydrogen) atoms. The van der Waals surface area contributed by atoms with Crippen molar-refractivity contribution in [2.45, 2.75) is 65.9 Å². The molecule has 0 aromatic carbocycles. The van der Waals surface area contributed by atoms with E-state index in [9.17, 15) is 5.11 Å². The zero-order valence-corrected chi connectivity index (χ0v) is 14.2. The van der Waals surface area contributed by atoms with E-state index in [1.165, 1.54) is 37.7 Å². The Morgan fingerprint density at radius 3 is 2.62 bits per heavy atom. The predicted octanol–water partition coefficient (Wildman–Crippen LogP) is 4.97. The highest BCUT2D eigenvalue weighted by Crippen LogP contribution is 2.64. The number of allylic oxidation sites excluding steroid dienone is 2. The molecule has 0 bridgehead atoms. The van der Waals surface area contributed by atoms with Crippen LogP contribution < -0.4 is 0 Å². The first kappa shape index (κ1) is 15.3. The lowest BCUT2D eigenvalue weighted by atomic mass is 9.43. The molecule has 0 radical (unpaired) electrons. The summed E-state index contributed by atoms with van der Waals surface area (Å²) in [6.07, 6.45) is 10.4. The first-order valence-corrected chi connectivity index (χ1v) is 8.83. The molecule has 118 valence electrons. The quantitative estimate of drug-likeness (QED) is 0.722. The summed E-state index contributed by atoms with van der Waals surface area (Å²) in [6, 6.07) is 0. The molecule has 2 saturated carbocycles. The number of hydrogen-bond donors (Lipinski definition) is 1. The highest BCUT2D eigenvalue weighted by atomic mass is 16.3. The van der Waals surface area contributed by atoms with E-state index in [2.05, 4.69) is 40.3 Å². The number of rotatable bonds is 1. The van der Waals surface area contributed by atoms with E-state index in [1.54, 1.807) is 0 Å². The van der Waals surface area contributed by atoms with Gasteiger partial charge in [0.05, 0.1) is 6.10 Å². The molecule has 0 heterocycles. The summed E-state index contributed by atoms with van der Waals surface area (Å²) in [5, 5.41) is 10.9. The van der Waals surface area contributed by atoms with E-state index in [4.69, 9.17) is 0 Å². The van der Waals surface area contributed by atoms with Gasteiger partial charge in [-0.15, -0.1) is 0 Å². The van der Waals surface area contributed by atoms with Gasteiger partial charge in [0.15, 0.2) is 0 Å². The first-order chi connectivity index (χ1) is 9.81. The Labute approximate surface area is 130 Å². The van der Waals surface area contributed by atoms with Gasteiger partial charge in [0.25, 0.3) is 0 Å². The van der Waals surface area contributed by atoms with Crippen LogP contribution in [0.1, 0.15) is 59.8 Å². The fourth-order valence-corrected chi connectivity index (χ4v) is 6.47. The lowest BCUT2D eigenvalue weighted by molar-refractivity contribution is -0.137. The molecule has 0 spiro atoms. The minimum atomic E-state index is -0.277.